The number of thioether (sulfide) groups is 1. The van der Waals surface area contributed by atoms with Crippen molar-refractivity contribution >= 4 is 46.1 Å². The molecule has 2 aromatic rings. The Bertz CT molecular complexity index is 714. The number of aromatic nitrogens is 1. The van der Waals surface area contributed by atoms with Gasteiger partial charge in [0, 0.05) is 23.0 Å². The summed E-state index contributed by atoms with van der Waals surface area (Å²) in [6.45, 7) is 0. The van der Waals surface area contributed by atoms with Crippen molar-refractivity contribution in [2.45, 2.75) is 12.5 Å². The Labute approximate surface area is 137 Å². The first-order chi connectivity index (χ1) is 10.4. The van der Waals surface area contributed by atoms with Gasteiger partial charge in [-0.05, 0) is 42.7 Å². The Morgan fingerprint density at radius 2 is 2.14 bits per heavy atom. The summed E-state index contributed by atoms with van der Waals surface area (Å²) in [5.41, 5.74) is 1.28. The number of nitrogens with one attached hydrogen (secondary N) is 1. The first kappa shape index (κ1) is 16.7. The summed E-state index contributed by atoms with van der Waals surface area (Å²) in [6.07, 6.45) is 2.28. The van der Waals surface area contributed by atoms with E-state index in [1.165, 1.54) is 0 Å². The number of aliphatic carboxylic acids is 1. The maximum absolute atomic E-state index is 12.4. The lowest BCUT2D eigenvalue weighted by molar-refractivity contribution is -0.139. The fraction of sp³-hybridized carbons (Fsp3) is 0.333. The number of nitrogens with zero attached hydrogens (tertiary/aromatic N) is 1. The molecule has 118 valence electrons. The molecule has 0 spiro atoms. The summed E-state index contributed by atoms with van der Waals surface area (Å²) >= 11 is 7.50. The van der Waals surface area contributed by atoms with Gasteiger partial charge in [0.1, 0.15) is 11.7 Å². The van der Waals surface area contributed by atoms with Crippen LogP contribution < -0.4 is 5.32 Å². The first-order valence-corrected chi connectivity index (χ1v) is 8.48. The van der Waals surface area contributed by atoms with E-state index in [-0.39, 0.29) is 0 Å². The Balaban J connectivity index is 2.25. The van der Waals surface area contributed by atoms with E-state index >= 15 is 0 Å². The molecular weight excluding hydrogens is 324 g/mol. The van der Waals surface area contributed by atoms with Crippen LogP contribution in [0.3, 0.4) is 0 Å². The Morgan fingerprint density at radius 1 is 1.41 bits per heavy atom. The Hall–Kier alpha value is -1.66. The molecule has 0 aliphatic carbocycles. The van der Waals surface area contributed by atoms with Crippen LogP contribution in [0.25, 0.3) is 10.9 Å². The van der Waals surface area contributed by atoms with Crippen LogP contribution in [0.5, 0.6) is 0 Å². The normalized spacial score (nSPS) is 12.3. The van der Waals surface area contributed by atoms with Gasteiger partial charge in [0.15, 0.2) is 0 Å². The van der Waals surface area contributed by atoms with Crippen LogP contribution in [0.4, 0.5) is 0 Å². The largest absolute Gasteiger partial charge is 0.480 e. The average molecular weight is 341 g/mol. The summed E-state index contributed by atoms with van der Waals surface area (Å²) < 4.78 is 1.73. The zero-order chi connectivity index (χ0) is 16.3. The summed E-state index contributed by atoms with van der Waals surface area (Å²) in [5.74, 6) is -0.755. The molecule has 1 aromatic carbocycles. The molecule has 1 aromatic heterocycles. The minimum Gasteiger partial charge on any atom is -0.480 e. The number of hydrogen-bond acceptors (Lipinski definition) is 3. The molecule has 2 rings (SSSR count). The smallest absolute Gasteiger partial charge is 0.326 e. The lowest BCUT2D eigenvalue weighted by atomic mass is 10.2. The molecule has 0 radical (unpaired) electrons. The highest BCUT2D eigenvalue weighted by Crippen LogP contribution is 2.22. The fourth-order valence-electron chi connectivity index (χ4n) is 2.26. The number of amides is 1. The van der Waals surface area contributed by atoms with E-state index in [2.05, 4.69) is 5.32 Å². The number of carboxylic acids is 1. The van der Waals surface area contributed by atoms with Crippen LogP contribution >= 0.6 is 23.4 Å². The standard InChI is InChI=1S/C15H17ClN2O3S/c1-18-12-4-3-10(16)7-9(12)8-13(18)14(19)17-11(15(20)21)5-6-22-2/h3-4,7-8,11H,5-6H2,1-2H3,(H,17,19)(H,20,21). The zero-order valence-corrected chi connectivity index (χ0v) is 13.9. The quantitative estimate of drug-likeness (QED) is 0.848. The lowest BCUT2D eigenvalue weighted by Crippen LogP contribution is -2.41. The van der Waals surface area contributed by atoms with E-state index in [9.17, 15) is 14.7 Å². The zero-order valence-electron chi connectivity index (χ0n) is 12.3. The third kappa shape index (κ3) is 3.56. The van der Waals surface area contributed by atoms with Crippen molar-refractivity contribution < 1.29 is 14.7 Å². The van der Waals surface area contributed by atoms with Gasteiger partial charge >= 0.3 is 5.97 Å². The molecule has 5 nitrogen and oxygen atoms in total. The van der Waals surface area contributed by atoms with Crippen LogP contribution in [0.1, 0.15) is 16.9 Å². The highest BCUT2D eigenvalue weighted by Gasteiger charge is 2.22. The van der Waals surface area contributed by atoms with Crippen LogP contribution in [0, 0.1) is 0 Å². The molecule has 0 saturated heterocycles. The topological polar surface area (TPSA) is 71.3 Å². The number of halogens is 1. The number of aryl methyl sites for hydroxylation is 1. The molecule has 1 heterocycles. The van der Waals surface area contributed by atoms with Crippen molar-refractivity contribution in [3.8, 4) is 0 Å². The van der Waals surface area contributed by atoms with Crippen LogP contribution in [0.15, 0.2) is 24.3 Å². The van der Waals surface area contributed by atoms with Gasteiger partial charge in [0.05, 0.1) is 0 Å². The molecule has 1 unspecified atom stereocenters. The monoisotopic (exact) mass is 340 g/mol. The third-order valence-corrected chi connectivity index (χ3v) is 4.33. The van der Waals surface area contributed by atoms with E-state index in [0.29, 0.717) is 22.9 Å². The summed E-state index contributed by atoms with van der Waals surface area (Å²) in [5, 5.41) is 13.2. The van der Waals surface area contributed by atoms with Gasteiger partial charge in [-0.1, -0.05) is 11.6 Å². The first-order valence-electron chi connectivity index (χ1n) is 6.71. The van der Waals surface area contributed by atoms with Gasteiger partial charge in [-0.25, -0.2) is 4.79 Å². The molecule has 1 amide bonds. The molecule has 0 aliphatic rings. The molecule has 0 aliphatic heterocycles. The van der Waals surface area contributed by atoms with E-state index in [1.54, 1.807) is 41.6 Å². The summed E-state index contributed by atoms with van der Waals surface area (Å²) in [4.78, 5) is 23.6. The van der Waals surface area contributed by atoms with Gasteiger partial charge in [-0.2, -0.15) is 11.8 Å². The molecular formula is C15H17ClN2O3S. The molecule has 2 N–H and O–H groups in total. The van der Waals surface area contributed by atoms with Crippen molar-refractivity contribution in [3.63, 3.8) is 0 Å². The third-order valence-electron chi connectivity index (χ3n) is 3.45. The lowest BCUT2D eigenvalue weighted by Gasteiger charge is -2.14. The summed E-state index contributed by atoms with van der Waals surface area (Å²) in [7, 11) is 1.77. The van der Waals surface area contributed by atoms with Crippen molar-refractivity contribution in [1.82, 2.24) is 9.88 Å². The highest BCUT2D eigenvalue weighted by atomic mass is 35.5. The van der Waals surface area contributed by atoms with E-state index in [0.717, 1.165) is 10.9 Å². The molecule has 0 fully saturated rings. The number of carboxylic acid groups (broad SMARTS) is 1. The van der Waals surface area contributed by atoms with Crippen LogP contribution in [0.2, 0.25) is 5.02 Å². The number of benzene rings is 1. The highest BCUT2D eigenvalue weighted by molar-refractivity contribution is 7.98. The number of carbonyl (C=O) groups is 2. The number of carbonyl (C=O) groups excluding carboxylic acids is 1. The summed E-state index contributed by atoms with van der Waals surface area (Å²) in [6, 6.07) is 6.18. The molecule has 1 atom stereocenters. The van der Waals surface area contributed by atoms with E-state index in [4.69, 9.17) is 11.6 Å². The maximum Gasteiger partial charge on any atom is 0.326 e. The number of rotatable bonds is 6. The van der Waals surface area contributed by atoms with Gasteiger partial charge in [-0.3, -0.25) is 4.79 Å². The number of hydrogen-bond donors (Lipinski definition) is 2. The maximum atomic E-state index is 12.4. The van der Waals surface area contributed by atoms with Crippen LogP contribution in [-0.2, 0) is 11.8 Å². The van der Waals surface area contributed by atoms with Gasteiger partial charge in [0.25, 0.3) is 5.91 Å². The van der Waals surface area contributed by atoms with Crippen molar-refractivity contribution in [2.75, 3.05) is 12.0 Å². The fourth-order valence-corrected chi connectivity index (χ4v) is 2.92. The molecule has 0 saturated carbocycles. The molecule has 7 heteroatoms. The van der Waals surface area contributed by atoms with Crippen LogP contribution in [-0.4, -0.2) is 39.6 Å². The molecule has 22 heavy (non-hydrogen) atoms. The van der Waals surface area contributed by atoms with Gasteiger partial charge in [-0.15, -0.1) is 0 Å². The van der Waals surface area contributed by atoms with Gasteiger partial charge < -0.3 is 15.0 Å². The van der Waals surface area contributed by atoms with Crippen molar-refractivity contribution in [1.29, 1.82) is 0 Å². The van der Waals surface area contributed by atoms with E-state index < -0.39 is 17.9 Å². The van der Waals surface area contributed by atoms with Crippen molar-refractivity contribution in [2.24, 2.45) is 7.05 Å². The number of fused-ring (bicyclic) bond motifs is 1. The Morgan fingerprint density at radius 3 is 2.77 bits per heavy atom. The minimum absolute atomic E-state index is 0.387. The minimum atomic E-state index is -1.02. The second-order valence-electron chi connectivity index (χ2n) is 4.94. The van der Waals surface area contributed by atoms with Gasteiger partial charge in [0.2, 0.25) is 0 Å². The Kier molecular flexibility index (Phi) is 5.37. The molecule has 0 bridgehead atoms. The van der Waals surface area contributed by atoms with E-state index in [1.807, 2.05) is 12.3 Å². The van der Waals surface area contributed by atoms with Crippen molar-refractivity contribution in [3.05, 3.63) is 35.0 Å². The predicted octanol–water partition coefficient (Wildman–Crippen LogP) is 2.77. The second-order valence-corrected chi connectivity index (χ2v) is 6.36. The second kappa shape index (κ2) is 7.07. The SMILES string of the molecule is CSCCC(NC(=O)c1cc2cc(Cl)ccc2n1C)C(=O)O. The predicted molar refractivity (Wildman–Crippen MR) is 89.8 cm³/mol. The average Bonchev–Trinajstić information content (AvgIpc) is 2.79.